The van der Waals surface area contributed by atoms with Crippen molar-refractivity contribution >= 4 is 18.0 Å². The largest absolute Gasteiger partial charge is 0.479 e. The van der Waals surface area contributed by atoms with Crippen LogP contribution in [-0.2, 0) is 19.1 Å². The second-order valence-electron chi connectivity index (χ2n) is 8.92. The molecular formula is C26H30N2O6. The number of ether oxygens (including phenoxy) is 2. The Bertz CT molecular complexity index is 1030. The third-order valence-electron chi connectivity index (χ3n) is 7.07. The fourth-order valence-electron chi connectivity index (χ4n) is 5.22. The van der Waals surface area contributed by atoms with Crippen molar-refractivity contribution in [1.29, 1.82) is 0 Å². The van der Waals surface area contributed by atoms with Crippen LogP contribution in [0.25, 0.3) is 11.1 Å². The molecule has 2 aliphatic rings. The lowest BCUT2D eigenvalue weighted by molar-refractivity contribution is -0.158. The predicted octanol–water partition coefficient (Wildman–Crippen LogP) is 3.40. The van der Waals surface area contributed by atoms with Crippen LogP contribution in [0.15, 0.2) is 48.5 Å². The molecule has 0 bridgehead atoms. The molecule has 1 unspecified atom stereocenters. The molecule has 1 fully saturated rings. The minimum Gasteiger partial charge on any atom is -0.479 e. The topological polar surface area (TPSA) is 105 Å². The number of amides is 2. The van der Waals surface area contributed by atoms with Crippen LogP contribution in [0.1, 0.15) is 42.7 Å². The summed E-state index contributed by atoms with van der Waals surface area (Å²) in [6, 6.07) is 15.0. The summed E-state index contributed by atoms with van der Waals surface area (Å²) in [5, 5.41) is 12.4. The molecule has 0 saturated heterocycles. The van der Waals surface area contributed by atoms with E-state index in [-0.39, 0.29) is 19.1 Å². The Morgan fingerprint density at radius 2 is 1.62 bits per heavy atom. The highest BCUT2D eigenvalue weighted by molar-refractivity contribution is 5.91. The van der Waals surface area contributed by atoms with Crippen molar-refractivity contribution in [2.45, 2.75) is 43.2 Å². The van der Waals surface area contributed by atoms with Crippen LogP contribution in [-0.4, -0.2) is 66.9 Å². The first kappa shape index (κ1) is 23.8. The van der Waals surface area contributed by atoms with E-state index >= 15 is 0 Å². The number of nitrogens with zero attached hydrogens (tertiary/aromatic N) is 1. The van der Waals surface area contributed by atoms with Gasteiger partial charge in [0.15, 0.2) is 0 Å². The number of likely N-dealkylation sites (N-methyl/N-ethyl adjacent to an activating group) is 1. The van der Waals surface area contributed by atoms with Gasteiger partial charge in [0.25, 0.3) is 0 Å². The molecule has 0 aliphatic heterocycles. The zero-order chi connectivity index (χ0) is 24.3. The number of rotatable bonds is 8. The Morgan fingerprint density at radius 1 is 1.06 bits per heavy atom. The molecule has 2 N–H and O–H groups in total. The lowest BCUT2D eigenvalue weighted by Gasteiger charge is -2.36. The zero-order valence-electron chi connectivity index (χ0n) is 19.5. The van der Waals surface area contributed by atoms with Crippen LogP contribution >= 0.6 is 0 Å². The molecule has 0 heterocycles. The molecule has 0 spiro atoms. The van der Waals surface area contributed by atoms with Gasteiger partial charge in [-0.05, 0) is 35.1 Å². The van der Waals surface area contributed by atoms with Crippen molar-refractivity contribution < 1.29 is 29.0 Å². The number of carbonyl (C=O) groups is 3. The van der Waals surface area contributed by atoms with Gasteiger partial charge in [0, 0.05) is 20.1 Å². The monoisotopic (exact) mass is 466 g/mol. The number of carbonyl (C=O) groups excluding carboxylic acids is 2. The lowest BCUT2D eigenvalue weighted by Crippen LogP contribution is -2.59. The molecule has 180 valence electrons. The molecular weight excluding hydrogens is 436 g/mol. The maximum atomic E-state index is 13.2. The van der Waals surface area contributed by atoms with E-state index in [1.165, 1.54) is 19.1 Å². The number of fused-ring (bicyclic) bond motifs is 3. The first-order valence-electron chi connectivity index (χ1n) is 11.5. The van der Waals surface area contributed by atoms with Gasteiger partial charge >= 0.3 is 12.1 Å². The smallest absolute Gasteiger partial charge is 0.407 e. The van der Waals surface area contributed by atoms with Crippen molar-refractivity contribution in [3.8, 4) is 11.1 Å². The van der Waals surface area contributed by atoms with E-state index in [0.717, 1.165) is 35.1 Å². The molecule has 4 rings (SSSR count). The fraction of sp³-hybridized carbons (Fsp3) is 0.423. The molecule has 2 aromatic rings. The Labute approximate surface area is 198 Å². The molecule has 1 saturated carbocycles. The maximum absolute atomic E-state index is 13.2. The zero-order valence-corrected chi connectivity index (χ0v) is 19.5. The second-order valence-corrected chi connectivity index (χ2v) is 8.92. The summed E-state index contributed by atoms with van der Waals surface area (Å²) in [5.74, 6) is -1.65. The van der Waals surface area contributed by atoms with Crippen molar-refractivity contribution in [2.75, 3.05) is 27.4 Å². The Kier molecular flexibility index (Phi) is 6.88. The van der Waals surface area contributed by atoms with E-state index in [4.69, 9.17) is 9.47 Å². The summed E-state index contributed by atoms with van der Waals surface area (Å²) < 4.78 is 10.7. The van der Waals surface area contributed by atoms with Crippen LogP contribution in [0, 0.1) is 0 Å². The van der Waals surface area contributed by atoms with Gasteiger partial charge in [0.1, 0.15) is 18.2 Å². The number of nitrogens with one attached hydrogen (secondary N) is 1. The Hall–Kier alpha value is -3.39. The van der Waals surface area contributed by atoms with E-state index < -0.39 is 29.6 Å². The van der Waals surface area contributed by atoms with Gasteiger partial charge in [-0.1, -0.05) is 61.4 Å². The van der Waals surface area contributed by atoms with Gasteiger partial charge in [-0.2, -0.15) is 0 Å². The standard InChI is InChI=1S/C26H30N2O6/c1-28(26(24(30)31)13-7-8-14-26)23(29)22(16-33-2)27-25(32)34-15-21-19-11-5-3-9-17(19)18-10-4-6-12-20(18)21/h3-6,9-12,21-22H,7-8,13-16H2,1-2H3,(H,27,32)(H,30,31). The molecule has 2 amide bonds. The highest BCUT2D eigenvalue weighted by Gasteiger charge is 2.48. The molecule has 0 radical (unpaired) electrons. The highest BCUT2D eigenvalue weighted by Crippen LogP contribution is 2.44. The van der Waals surface area contributed by atoms with E-state index in [2.05, 4.69) is 17.4 Å². The number of hydrogen-bond acceptors (Lipinski definition) is 5. The second kappa shape index (κ2) is 9.85. The van der Waals surface area contributed by atoms with Crippen LogP contribution in [0.3, 0.4) is 0 Å². The van der Waals surface area contributed by atoms with Crippen molar-refractivity contribution in [3.63, 3.8) is 0 Å². The molecule has 1 atom stereocenters. The summed E-state index contributed by atoms with van der Waals surface area (Å²) in [6.07, 6.45) is 1.49. The van der Waals surface area contributed by atoms with E-state index in [1.54, 1.807) is 0 Å². The molecule has 8 nitrogen and oxygen atoms in total. The Morgan fingerprint density at radius 3 is 2.15 bits per heavy atom. The third-order valence-corrected chi connectivity index (χ3v) is 7.07. The van der Waals surface area contributed by atoms with Crippen molar-refractivity contribution in [3.05, 3.63) is 59.7 Å². The molecule has 0 aromatic heterocycles. The molecule has 8 heteroatoms. The third kappa shape index (κ3) is 4.25. The van der Waals surface area contributed by atoms with Crippen molar-refractivity contribution in [2.24, 2.45) is 0 Å². The minimum atomic E-state index is -1.26. The summed E-state index contributed by atoms with van der Waals surface area (Å²) in [7, 11) is 2.89. The minimum absolute atomic E-state index is 0.0942. The summed E-state index contributed by atoms with van der Waals surface area (Å²) in [6.45, 7) is 0.0196. The molecule has 2 aromatic carbocycles. The van der Waals surface area contributed by atoms with Gasteiger partial charge in [0.2, 0.25) is 5.91 Å². The van der Waals surface area contributed by atoms with Crippen molar-refractivity contribution in [1.82, 2.24) is 10.2 Å². The first-order chi connectivity index (χ1) is 16.4. The Balaban J connectivity index is 1.44. The summed E-state index contributed by atoms with van der Waals surface area (Å²) in [4.78, 5) is 39.1. The van der Waals surface area contributed by atoms with E-state index in [9.17, 15) is 19.5 Å². The first-order valence-corrected chi connectivity index (χ1v) is 11.5. The lowest BCUT2D eigenvalue weighted by atomic mass is 9.95. The van der Waals surface area contributed by atoms with Gasteiger partial charge in [-0.3, -0.25) is 4.79 Å². The number of hydrogen-bond donors (Lipinski definition) is 2. The number of alkyl carbamates (subject to hydrolysis) is 1. The van der Waals surface area contributed by atoms with Crippen LogP contribution in [0.2, 0.25) is 0 Å². The summed E-state index contributed by atoms with van der Waals surface area (Å²) in [5.41, 5.74) is 3.16. The van der Waals surface area contributed by atoms with Gasteiger partial charge < -0.3 is 24.8 Å². The van der Waals surface area contributed by atoms with Gasteiger partial charge in [-0.25, -0.2) is 9.59 Å². The average Bonchev–Trinajstić information content (AvgIpc) is 3.46. The van der Waals surface area contributed by atoms with E-state index in [1.807, 2.05) is 36.4 Å². The SMILES string of the molecule is COCC(NC(=O)OCC1c2ccccc2-c2ccccc21)C(=O)N(C)C1(C(=O)O)CCCC1. The number of carboxylic acid groups (broad SMARTS) is 1. The number of aliphatic carboxylic acids is 1. The van der Waals surface area contributed by atoms with Gasteiger partial charge in [0.05, 0.1) is 6.61 Å². The summed E-state index contributed by atoms with van der Waals surface area (Å²) >= 11 is 0. The predicted molar refractivity (Wildman–Crippen MR) is 125 cm³/mol. The number of methoxy groups -OCH3 is 1. The normalized spacial score (nSPS) is 16.9. The van der Waals surface area contributed by atoms with Gasteiger partial charge in [-0.15, -0.1) is 0 Å². The van der Waals surface area contributed by atoms with E-state index in [0.29, 0.717) is 12.8 Å². The number of carboxylic acids is 1. The fourth-order valence-corrected chi connectivity index (χ4v) is 5.22. The van der Waals surface area contributed by atoms with Crippen LogP contribution in [0.4, 0.5) is 4.79 Å². The van der Waals surface area contributed by atoms with Crippen LogP contribution < -0.4 is 5.32 Å². The molecule has 34 heavy (non-hydrogen) atoms. The highest BCUT2D eigenvalue weighted by atomic mass is 16.5. The average molecular weight is 467 g/mol. The molecule has 2 aliphatic carbocycles. The maximum Gasteiger partial charge on any atom is 0.407 e. The number of benzene rings is 2. The van der Waals surface area contributed by atoms with Crippen LogP contribution in [0.5, 0.6) is 0 Å². The quantitative estimate of drug-likeness (QED) is 0.618.